The van der Waals surface area contributed by atoms with Gasteiger partial charge in [-0.25, -0.2) is 0 Å². The molecule has 0 saturated heterocycles. The SMILES string of the molecule is CC(C)(CCCOc1ccc(CCO)cc1)/C(N)=N/O. The Hall–Kier alpha value is -1.75. The van der Waals surface area contributed by atoms with Gasteiger partial charge in [-0.1, -0.05) is 31.1 Å². The van der Waals surface area contributed by atoms with Gasteiger partial charge in [0, 0.05) is 12.0 Å². The molecule has 0 amide bonds. The zero-order valence-corrected chi connectivity index (χ0v) is 12.2. The van der Waals surface area contributed by atoms with Crippen LogP contribution in [0.25, 0.3) is 0 Å². The number of amidine groups is 1. The fourth-order valence-corrected chi connectivity index (χ4v) is 1.85. The van der Waals surface area contributed by atoms with E-state index in [0.29, 0.717) is 13.0 Å². The lowest BCUT2D eigenvalue weighted by atomic mass is 9.87. The van der Waals surface area contributed by atoms with E-state index in [9.17, 15) is 0 Å². The number of hydrogen-bond donors (Lipinski definition) is 3. The van der Waals surface area contributed by atoms with Gasteiger partial charge < -0.3 is 20.8 Å². The van der Waals surface area contributed by atoms with E-state index in [1.165, 1.54) is 0 Å². The molecule has 0 bridgehead atoms. The van der Waals surface area contributed by atoms with Gasteiger partial charge in [0.15, 0.2) is 0 Å². The van der Waals surface area contributed by atoms with Crippen LogP contribution in [-0.4, -0.2) is 29.4 Å². The average Bonchev–Trinajstić information content (AvgIpc) is 2.44. The molecule has 5 nitrogen and oxygen atoms in total. The Morgan fingerprint density at radius 3 is 2.50 bits per heavy atom. The normalized spacial score (nSPS) is 12.4. The van der Waals surface area contributed by atoms with Gasteiger partial charge in [0.1, 0.15) is 11.6 Å². The van der Waals surface area contributed by atoms with E-state index in [2.05, 4.69) is 5.16 Å². The largest absolute Gasteiger partial charge is 0.494 e. The zero-order valence-electron chi connectivity index (χ0n) is 12.2. The lowest BCUT2D eigenvalue weighted by Crippen LogP contribution is -2.32. The van der Waals surface area contributed by atoms with Crippen molar-refractivity contribution in [3.8, 4) is 5.75 Å². The summed E-state index contributed by atoms with van der Waals surface area (Å²) in [5, 5.41) is 20.6. The topological polar surface area (TPSA) is 88.1 Å². The molecule has 0 spiro atoms. The van der Waals surface area contributed by atoms with Crippen LogP contribution < -0.4 is 10.5 Å². The molecule has 0 saturated carbocycles. The Balaban J connectivity index is 2.34. The molecule has 0 aliphatic carbocycles. The summed E-state index contributed by atoms with van der Waals surface area (Å²) in [7, 11) is 0. The monoisotopic (exact) mass is 280 g/mol. The number of nitrogens with zero attached hydrogens (tertiary/aromatic N) is 1. The summed E-state index contributed by atoms with van der Waals surface area (Å²) in [6, 6.07) is 7.71. The van der Waals surface area contributed by atoms with Gasteiger partial charge >= 0.3 is 0 Å². The minimum Gasteiger partial charge on any atom is -0.494 e. The van der Waals surface area contributed by atoms with Crippen molar-refractivity contribution in [1.82, 2.24) is 0 Å². The van der Waals surface area contributed by atoms with Crippen LogP contribution in [0.5, 0.6) is 5.75 Å². The number of aliphatic hydroxyl groups is 1. The van der Waals surface area contributed by atoms with Crippen molar-refractivity contribution in [3.63, 3.8) is 0 Å². The molecule has 5 heteroatoms. The molecular weight excluding hydrogens is 256 g/mol. The highest BCUT2D eigenvalue weighted by atomic mass is 16.5. The maximum Gasteiger partial charge on any atom is 0.144 e. The van der Waals surface area contributed by atoms with E-state index in [0.717, 1.165) is 24.2 Å². The maximum atomic E-state index is 8.83. The van der Waals surface area contributed by atoms with E-state index >= 15 is 0 Å². The first kappa shape index (κ1) is 16.3. The van der Waals surface area contributed by atoms with Crippen molar-refractivity contribution in [2.24, 2.45) is 16.3 Å². The molecule has 0 aromatic heterocycles. The third-order valence-electron chi connectivity index (χ3n) is 3.34. The summed E-state index contributed by atoms with van der Waals surface area (Å²) in [6.07, 6.45) is 2.27. The van der Waals surface area contributed by atoms with Crippen molar-refractivity contribution < 1.29 is 15.1 Å². The minimum atomic E-state index is -0.330. The highest BCUT2D eigenvalue weighted by Gasteiger charge is 2.22. The van der Waals surface area contributed by atoms with E-state index in [1.54, 1.807) is 0 Å². The van der Waals surface area contributed by atoms with E-state index in [1.807, 2.05) is 38.1 Å². The van der Waals surface area contributed by atoms with Crippen molar-refractivity contribution >= 4 is 5.84 Å². The van der Waals surface area contributed by atoms with E-state index in [-0.39, 0.29) is 17.9 Å². The van der Waals surface area contributed by atoms with Gasteiger partial charge in [0.2, 0.25) is 0 Å². The van der Waals surface area contributed by atoms with Gasteiger partial charge in [0.25, 0.3) is 0 Å². The number of rotatable bonds is 8. The number of nitrogens with two attached hydrogens (primary N) is 1. The molecule has 0 aliphatic rings. The predicted molar refractivity (Wildman–Crippen MR) is 79.2 cm³/mol. The second kappa shape index (κ2) is 7.75. The molecule has 1 rings (SSSR count). The van der Waals surface area contributed by atoms with Crippen LogP contribution in [0, 0.1) is 5.41 Å². The lowest BCUT2D eigenvalue weighted by molar-refractivity contribution is 0.277. The predicted octanol–water partition coefficient (Wildman–Crippen LogP) is 2.15. The number of hydrogen-bond acceptors (Lipinski definition) is 4. The number of ether oxygens (including phenoxy) is 1. The summed E-state index contributed by atoms with van der Waals surface area (Å²) < 4.78 is 5.64. The van der Waals surface area contributed by atoms with Gasteiger partial charge in [-0.05, 0) is 37.0 Å². The molecule has 0 unspecified atom stereocenters. The van der Waals surface area contributed by atoms with Crippen LogP contribution in [0.15, 0.2) is 29.4 Å². The van der Waals surface area contributed by atoms with Crippen molar-refractivity contribution in [1.29, 1.82) is 0 Å². The number of oxime groups is 1. The highest BCUT2D eigenvalue weighted by molar-refractivity contribution is 5.85. The highest BCUT2D eigenvalue weighted by Crippen LogP contribution is 2.22. The van der Waals surface area contributed by atoms with Crippen LogP contribution in [0.1, 0.15) is 32.3 Å². The quantitative estimate of drug-likeness (QED) is 0.224. The molecule has 20 heavy (non-hydrogen) atoms. The first-order valence-corrected chi connectivity index (χ1v) is 6.80. The van der Waals surface area contributed by atoms with Gasteiger partial charge in [-0.3, -0.25) is 0 Å². The maximum absolute atomic E-state index is 8.83. The summed E-state index contributed by atoms with van der Waals surface area (Å²) in [6.45, 7) is 4.61. The van der Waals surface area contributed by atoms with Crippen molar-refractivity contribution in [3.05, 3.63) is 29.8 Å². The summed E-state index contributed by atoms with van der Waals surface area (Å²) in [5.74, 6) is 1.05. The summed E-state index contributed by atoms with van der Waals surface area (Å²) >= 11 is 0. The number of benzene rings is 1. The van der Waals surface area contributed by atoms with Crippen LogP contribution >= 0.6 is 0 Å². The van der Waals surface area contributed by atoms with Crippen LogP contribution in [0.3, 0.4) is 0 Å². The van der Waals surface area contributed by atoms with Crippen LogP contribution in [0.4, 0.5) is 0 Å². The van der Waals surface area contributed by atoms with E-state index in [4.69, 9.17) is 20.8 Å². The van der Waals surface area contributed by atoms with E-state index < -0.39 is 0 Å². The Kier molecular flexibility index (Phi) is 6.31. The fourth-order valence-electron chi connectivity index (χ4n) is 1.85. The lowest BCUT2D eigenvalue weighted by Gasteiger charge is -2.22. The van der Waals surface area contributed by atoms with Gasteiger partial charge in [-0.15, -0.1) is 0 Å². The Bertz CT molecular complexity index is 427. The molecule has 1 aromatic carbocycles. The van der Waals surface area contributed by atoms with Crippen molar-refractivity contribution in [2.75, 3.05) is 13.2 Å². The molecule has 4 N–H and O–H groups in total. The summed E-state index contributed by atoms with van der Waals surface area (Å²) in [5.41, 5.74) is 6.39. The Morgan fingerprint density at radius 2 is 1.95 bits per heavy atom. The third-order valence-corrected chi connectivity index (χ3v) is 3.34. The summed E-state index contributed by atoms with van der Waals surface area (Å²) in [4.78, 5) is 0. The third kappa shape index (κ3) is 5.09. The standard InChI is InChI=1S/C15H24N2O3/c1-15(2,14(16)17-19)9-3-11-20-13-6-4-12(5-7-13)8-10-18/h4-7,18-19H,3,8-11H2,1-2H3,(H2,16,17). The average molecular weight is 280 g/mol. The molecule has 112 valence electrons. The molecule has 1 aromatic rings. The molecule has 0 fully saturated rings. The zero-order chi connectivity index (χ0) is 15.0. The Labute approximate surface area is 120 Å². The molecular formula is C15H24N2O3. The second-order valence-electron chi connectivity index (χ2n) is 5.44. The van der Waals surface area contributed by atoms with Crippen LogP contribution in [0.2, 0.25) is 0 Å². The molecule has 0 aliphatic heterocycles. The molecule has 0 atom stereocenters. The molecule has 0 heterocycles. The fraction of sp³-hybridized carbons (Fsp3) is 0.533. The van der Waals surface area contributed by atoms with Gasteiger partial charge in [-0.2, -0.15) is 0 Å². The first-order chi connectivity index (χ1) is 9.49. The van der Waals surface area contributed by atoms with Crippen LogP contribution in [-0.2, 0) is 6.42 Å². The first-order valence-electron chi connectivity index (χ1n) is 6.80. The van der Waals surface area contributed by atoms with Crippen molar-refractivity contribution in [2.45, 2.75) is 33.1 Å². The second-order valence-corrected chi connectivity index (χ2v) is 5.44. The smallest absolute Gasteiger partial charge is 0.144 e. The molecule has 0 radical (unpaired) electrons. The minimum absolute atomic E-state index is 0.156. The number of aliphatic hydroxyl groups excluding tert-OH is 1. The van der Waals surface area contributed by atoms with Gasteiger partial charge in [0.05, 0.1) is 6.61 Å². The Morgan fingerprint density at radius 1 is 1.30 bits per heavy atom.